The van der Waals surface area contributed by atoms with E-state index in [9.17, 15) is 9.59 Å². The number of rotatable bonds is 6. The van der Waals surface area contributed by atoms with Crippen LogP contribution in [-0.4, -0.2) is 49.8 Å². The summed E-state index contributed by atoms with van der Waals surface area (Å²) in [5.41, 5.74) is 9.10. The van der Waals surface area contributed by atoms with Crippen molar-refractivity contribution in [3.05, 3.63) is 81.9 Å². The minimum atomic E-state index is -0.579. The van der Waals surface area contributed by atoms with Gasteiger partial charge in [-0.25, -0.2) is 4.39 Å². The summed E-state index contributed by atoms with van der Waals surface area (Å²) < 4.78 is 29.1. The molecule has 1 aromatic heterocycles. The van der Waals surface area contributed by atoms with E-state index in [0.717, 1.165) is 30.0 Å². The van der Waals surface area contributed by atoms with Gasteiger partial charge in [0.25, 0.3) is 5.91 Å². The standard InChI is InChI=1S/C31H30FN5O4/c1-40-19-6-7-24-20(12-19)17(14-35-24)8-10-34-31(39)22-16-37-25-4-2-3-5-26(25)41-30-27(37)21(29(22)38)13-23(32)28(30)36-11-9-18(33)15-36/h2-7,12-13,16-18,35H,8-11,14-15,33H2,1H3,(H,34,39). The van der Waals surface area contributed by atoms with E-state index in [1.165, 1.54) is 6.07 Å². The minimum absolute atomic E-state index is 0.0536. The van der Waals surface area contributed by atoms with Gasteiger partial charge in [0.1, 0.15) is 22.5 Å². The first kappa shape index (κ1) is 25.4. The summed E-state index contributed by atoms with van der Waals surface area (Å²) in [4.78, 5) is 28.9. The highest BCUT2D eigenvalue weighted by Gasteiger charge is 2.32. The van der Waals surface area contributed by atoms with E-state index in [1.54, 1.807) is 23.9 Å². The third-order valence-electron chi connectivity index (χ3n) is 8.31. The molecule has 7 rings (SSSR count). The van der Waals surface area contributed by atoms with Gasteiger partial charge in [0, 0.05) is 50.0 Å². The van der Waals surface area contributed by atoms with Crippen LogP contribution in [0.5, 0.6) is 17.2 Å². The van der Waals surface area contributed by atoms with Gasteiger partial charge in [-0.05, 0) is 54.8 Å². The molecule has 1 fully saturated rings. The molecule has 0 saturated carbocycles. The predicted octanol–water partition coefficient (Wildman–Crippen LogP) is 4.11. The fraction of sp³-hybridized carbons (Fsp3) is 0.290. The van der Waals surface area contributed by atoms with Crippen molar-refractivity contribution in [2.24, 2.45) is 5.73 Å². The Morgan fingerprint density at radius 1 is 1.24 bits per heavy atom. The summed E-state index contributed by atoms with van der Waals surface area (Å²) in [6, 6.07) is 14.4. The van der Waals surface area contributed by atoms with Crippen molar-refractivity contribution in [2.75, 3.05) is 43.5 Å². The number of nitrogens with one attached hydrogen (secondary N) is 2. The summed E-state index contributed by atoms with van der Waals surface area (Å²) >= 11 is 0. The van der Waals surface area contributed by atoms with Crippen LogP contribution in [0.1, 0.15) is 34.7 Å². The van der Waals surface area contributed by atoms with Gasteiger partial charge in [-0.3, -0.25) is 9.59 Å². The van der Waals surface area contributed by atoms with Gasteiger partial charge in [0.15, 0.2) is 17.3 Å². The van der Waals surface area contributed by atoms with Crippen LogP contribution in [-0.2, 0) is 0 Å². The Balaban J connectivity index is 1.23. The molecule has 3 aliphatic rings. The van der Waals surface area contributed by atoms with Crippen molar-refractivity contribution < 1.29 is 18.7 Å². The molecule has 1 saturated heterocycles. The van der Waals surface area contributed by atoms with Crippen molar-refractivity contribution in [2.45, 2.75) is 24.8 Å². The third kappa shape index (κ3) is 4.17. The van der Waals surface area contributed by atoms with Crippen molar-refractivity contribution in [1.29, 1.82) is 0 Å². The number of anilines is 2. The smallest absolute Gasteiger partial charge is 0.256 e. The van der Waals surface area contributed by atoms with E-state index in [4.69, 9.17) is 15.2 Å². The number of benzene rings is 3. The number of hydrogen-bond acceptors (Lipinski definition) is 7. The number of methoxy groups -OCH3 is 1. The van der Waals surface area contributed by atoms with Crippen LogP contribution in [0.25, 0.3) is 16.6 Å². The average molecular weight is 556 g/mol. The zero-order chi connectivity index (χ0) is 28.2. The molecule has 4 N–H and O–H groups in total. The molecule has 4 heterocycles. The first-order chi connectivity index (χ1) is 19.9. The van der Waals surface area contributed by atoms with E-state index < -0.39 is 17.2 Å². The summed E-state index contributed by atoms with van der Waals surface area (Å²) in [5, 5.41) is 6.40. The number of hydrogen-bond donors (Lipinski definition) is 3. The molecular weight excluding hydrogens is 525 g/mol. The maximum absolute atomic E-state index is 15.7. The normalized spacial score (nSPS) is 18.5. The third-order valence-corrected chi connectivity index (χ3v) is 8.31. The van der Waals surface area contributed by atoms with Crippen LogP contribution in [0.15, 0.2) is 59.5 Å². The van der Waals surface area contributed by atoms with E-state index in [0.29, 0.717) is 43.0 Å². The van der Waals surface area contributed by atoms with Crippen LogP contribution in [0.2, 0.25) is 0 Å². The number of carbonyl (C=O) groups excluding carboxylic acids is 1. The Bertz CT molecular complexity index is 1770. The molecule has 3 aromatic carbocycles. The molecular formula is C31H30FN5O4. The van der Waals surface area contributed by atoms with E-state index in [1.807, 2.05) is 41.3 Å². The molecule has 0 bridgehead atoms. The average Bonchev–Trinajstić information content (AvgIpc) is 3.59. The van der Waals surface area contributed by atoms with Crippen molar-refractivity contribution in [1.82, 2.24) is 9.88 Å². The second kappa shape index (κ2) is 9.81. The number of aromatic nitrogens is 1. The maximum atomic E-state index is 15.7. The second-order valence-corrected chi connectivity index (χ2v) is 10.8. The molecule has 2 unspecified atom stereocenters. The molecule has 3 aliphatic heterocycles. The number of amides is 1. The topological polar surface area (TPSA) is 111 Å². The van der Waals surface area contributed by atoms with Gasteiger partial charge in [0.05, 0.1) is 18.2 Å². The Morgan fingerprint density at radius 3 is 2.90 bits per heavy atom. The Hall–Kier alpha value is -4.57. The van der Waals surface area contributed by atoms with Crippen LogP contribution < -0.4 is 36.2 Å². The van der Waals surface area contributed by atoms with Gasteiger partial charge < -0.3 is 35.3 Å². The van der Waals surface area contributed by atoms with Crippen molar-refractivity contribution in [3.8, 4) is 22.9 Å². The molecule has 2 atom stereocenters. The van der Waals surface area contributed by atoms with Crippen LogP contribution in [0.3, 0.4) is 0 Å². The monoisotopic (exact) mass is 555 g/mol. The first-order valence-electron chi connectivity index (χ1n) is 13.8. The van der Waals surface area contributed by atoms with Crippen LogP contribution in [0.4, 0.5) is 15.8 Å². The van der Waals surface area contributed by atoms with Crippen molar-refractivity contribution in [3.63, 3.8) is 0 Å². The summed E-state index contributed by atoms with van der Waals surface area (Å²) in [7, 11) is 1.64. The highest BCUT2D eigenvalue weighted by atomic mass is 19.1. The van der Waals surface area contributed by atoms with Gasteiger partial charge in [-0.15, -0.1) is 0 Å². The lowest BCUT2D eigenvalue weighted by Crippen LogP contribution is -2.32. The molecule has 0 aliphatic carbocycles. The highest BCUT2D eigenvalue weighted by molar-refractivity contribution is 6.01. The van der Waals surface area contributed by atoms with Gasteiger partial charge in [-0.1, -0.05) is 12.1 Å². The lowest BCUT2D eigenvalue weighted by molar-refractivity contribution is 0.0951. The number of nitrogens with two attached hydrogens (primary N) is 1. The Kier molecular flexibility index (Phi) is 6.08. The maximum Gasteiger partial charge on any atom is 0.256 e. The molecule has 1 amide bonds. The molecule has 210 valence electrons. The number of ether oxygens (including phenoxy) is 2. The van der Waals surface area contributed by atoms with Gasteiger partial charge in [-0.2, -0.15) is 0 Å². The molecule has 4 aromatic rings. The second-order valence-electron chi connectivity index (χ2n) is 10.8. The van der Waals surface area contributed by atoms with Crippen LogP contribution >= 0.6 is 0 Å². The van der Waals surface area contributed by atoms with Gasteiger partial charge in [0.2, 0.25) is 5.43 Å². The predicted molar refractivity (Wildman–Crippen MR) is 156 cm³/mol. The van der Waals surface area contributed by atoms with E-state index in [-0.39, 0.29) is 34.3 Å². The number of pyridine rings is 1. The van der Waals surface area contributed by atoms with E-state index >= 15 is 4.39 Å². The molecule has 9 nitrogen and oxygen atoms in total. The molecule has 10 heteroatoms. The number of carbonyl (C=O) groups is 1. The molecule has 0 radical (unpaired) electrons. The minimum Gasteiger partial charge on any atom is -0.497 e. The molecule has 0 spiro atoms. The Labute approximate surface area is 235 Å². The fourth-order valence-corrected chi connectivity index (χ4v) is 6.22. The molecule has 41 heavy (non-hydrogen) atoms. The largest absolute Gasteiger partial charge is 0.497 e. The number of fused-ring (bicyclic) bond motifs is 3. The zero-order valence-electron chi connectivity index (χ0n) is 22.6. The SMILES string of the molecule is COc1ccc2c(c1)C(CCNC(=O)c1cn3c4c(c(N5CCC(N)C5)c(F)cc4c1=O)Oc1ccccc1-3)CN2. The van der Waals surface area contributed by atoms with E-state index in [2.05, 4.69) is 10.6 Å². The lowest BCUT2D eigenvalue weighted by Gasteiger charge is -2.29. The number of halogens is 1. The lowest BCUT2D eigenvalue weighted by atomic mass is 9.97. The summed E-state index contributed by atoms with van der Waals surface area (Å²) in [6.07, 6.45) is 2.95. The first-order valence-corrected chi connectivity index (χ1v) is 13.8. The zero-order valence-corrected chi connectivity index (χ0v) is 22.6. The number of nitrogens with zero attached hydrogens (tertiary/aromatic N) is 2. The summed E-state index contributed by atoms with van der Waals surface area (Å²) in [5.74, 6) is 0.667. The highest BCUT2D eigenvalue weighted by Crippen LogP contribution is 2.47. The number of para-hydroxylation sites is 2. The Morgan fingerprint density at radius 2 is 2.10 bits per heavy atom. The van der Waals surface area contributed by atoms with Gasteiger partial charge >= 0.3 is 0 Å². The van der Waals surface area contributed by atoms with Crippen LogP contribution in [0, 0.1) is 5.82 Å². The van der Waals surface area contributed by atoms with Crippen molar-refractivity contribution >= 4 is 28.2 Å². The fourth-order valence-electron chi connectivity index (χ4n) is 6.22. The summed E-state index contributed by atoms with van der Waals surface area (Å²) in [6.45, 7) is 2.19. The quantitative estimate of drug-likeness (QED) is 0.289.